The number of nitrogens with zero attached hydrogens (tertiary/aromatic N) is 1. The van der Waals surface area contributed by atoms with Crippen LogP contribution in [0.15, 0.2) is 48.5 Å². The summed E-state index contributed by atoms with van der Waals surface area (Å²) in [4.78, 5) is 13.8. The first-order chi connectivity index (χ1) is 10.6. The number of benzene rings is 2. The third-order valence-corrected chi connectivity index (χ3v) is 3.19. The summed E-state index contributed by atoms with van der Waals surface area (Å²) in [5.41, 5.74) is 0.588. The number of carbonyl (C=O) groups excluding carboxylic acids is 1. The van der Waals surface area contributed by atoms with Crippen LogP contribution in [-0.2, 0) is 0 Å². The second-order valence-electron chi connectivity index (χ2n) is 4.76. The third kappa shape index (κ3) is 4.22. The van der Waals surface area contributed by atoms with Crippen LogP contribution in [0.2, 0.25) is 0 Å². The van der Waals surface area contributed by atoms with Crippen molar-refractivity contribution in [1.82, 2.24) is 4.90 Å². The molecule has 0 heterocycles. The Hall–Kier alpha value is -2.56. The van der Waals surface area contributed by atoms with Gasteiger partial charge < -0.3 is 14.4 Å². The maximum Gasteiger partial charge on any atom is 0.253 e. The van der Waals surface area contributed by atoms with E-state index in [-0.39, 0.29) is 11.7 Å². The van der Waals surface area contributed by atoms with Crippen LogP contribution in [0, 0.1) is 5.82 Å². The molecule has 0 saturated carbocycles. The normalized spacial score (nSPS) is 10.1. The number of hydrogen-bond acceptors (Lipinski definition) is 3. The van der Waals surface area contributed by atoms with E-state index in [1.54, 1.807) is 55.5 Å². The van der Waals surface area contributed by atoms with Gasteiger partial charge in [0, 0.05) is 12.6 Å². The van der Waals surface area contributed by atoms with Gasteiger partial charge in [-0.1, -0.05) is 0 Å². The molecule has 0 saturated heterocycles. The number of ether oxygens (including phenoxy) is 2. The molecule has 5 heteroatoms. The number of rotatable bonds is 6. The predicted molar refractivity (Wildman–Crippen MR) is 81.8 cm³/mol. The van der Waals surface area contributed by atoms with Crippen molar-refractivity contribution in [3.8, 4) is 11.5 Å². The SMILES string of the molecule is COc1ccc(C(=O)N(C)CCOc2ccc(F)cc2)cc1. The van der Waals surface area contributed by atoms with Gasteiger partial charge in [0.2, 0.25) is 0 Å². The Labute approximate surface area is 129 Å². The summed E-state index contributed by atoms with van der Waals surface area (Å²) in [7, 11) is 3.29. The summed E-state index contributed by atoms with van der Waals surface area (Å²) in [6.07, 6.45) is 0. The van der Waals surface area contributed by atoms with Gasteiger partial charge in [-0.15, -0.1) is 0 Å². The van der Waals surface area contributed by atoms with Gasteiger partial charge >= 0.3 is 0 Å². The summed E-state index contributed by atoms with van der Waals surface area (Å²) in [5, 5.41) is 0. The fourth-order valence-electron chi connectivity index (χ4n) is 1.89. The number of hydrogen-bond donors (Lipinski definition) is 0. The monoisotopic (exact) mass is 303 g/mol. The molecule has 2 aromatic rings. The maximum atomic E-state index is 12.8. The first-order valence-corrected chi connectivity index (χ1v) is 6.88. The van der Waals surface area contributed by atoms with E-state index in [0.717, 1.165) is 0 Å². The van der Waals surface area contributed by atoms with Crippen molar-refractivity contribution in [3.05, 3.63) is 59.9 Å². The second-order valence-corrected chi connectivity index (χ2v) is 4.76. The van der Waals surface area contributed by atoms with E-state index < -0.39 is 0 Å². The van der Waals surface area contributed by atoms with Crippen molar-refractivity contribution in [1.29, 1.82) is 0 Å². The van der Waals surface area contributed by atoms with Crippen molar-refractivity contribution >= 4 is 5.91 Å². The highest BCUT2D eigenvalue weighted by Crippen LogP contribution is 2.13. The highest BCUT2D eigenvalue weighted by molar-refractivity contribution is 5.94. The molecule has 0 fully saturated rings. The zero-order valence-corrected chi connectivity index (χ0v) is 12.6. The smallest absolute Gasteiger partial charge is 0.253 e. The summed E-state index contributed by atoms with van der Waals surface area (Å²) < 4.78 is 23.3. The van der Waals surface area contributed by atoms with Crippen LogP contribution in [0.3, 0.4) is 0 Å². The van der Waals surface area contributed by atoms with E-state index in [0.29, 0.717) is 30.2 Å². The molecule has 0 unspecified atom stereocenters. The molecule has 0 bridgehead atoms. The molecule has 116 valence electrons. The van der Waals surface area contributed by atoms with Gasteiger partial charge in [-0.3, -0.25) is 4.79 Å². The van der Waals surface area contributed by atoms with Crippen LogP contribution in [0.1, 0.15) is 10.4 Å². The van der Waals surface area contributed by atoms with Crippen molar-refractivity contribution in [3.63, 3.8) is 0 Å². The van der Waals surface area contributed by atoms with E-state index in [1.165, 1.54) is 12.1 Å². The summed E-state index contributed by atoms with van der Waals surface area (Å²) >= 11 is 0. The maximum absolute atomic E-state index is 12.8. The fraction of sp³-hybridized carbons (Fsp3) is 0.235. The van der Waals surface area contributed by atoms with Crippen LogP contribution in [0.4, 0.5) is 4.39 Å². The standard InChI is InChI=1S/C17H18FNO3/c1-19(11-12-22-16-9-5-14(18)6-10-16)17(20)13-3-7-15(21-2)8-4-13/h3-10H,11-12H2,1-2H3. The first-order valence-electron chi connectivity index (χ1n) is 6.88. The summed E-state index contributed by atoms with van der Waals surface area (Å²) in [6.45, 7) is 0.770. The van der Waals surface area contributed by atoms with E-state index in [4.69, 9.17) is 9.47 Å². The molecule has 0 radical (unpaired) electrons. The van der Waals surface area contributed by atoms with E-state index in [9.17, 15) is 9.18 Å². The number of carbonyl (C=O) groups is 1. The van der Waals surface area contributed by atoms with Gasteiger partial charge in [0.25, 0.3) is 5.91 Å². The lowest BCUT2D eigenvalue weighted by Crippen LogP contribution is -2.30. The lowest BCUT2D eigenvalue weighted by Gasteiger charge is -2.17. The zero-order chi connectivity index (χ0) is 15.9. The molecule has 4 nitrogen and oxygen atoms in total. The molecule has 0 N–H and O–H groups in total. The highest BCUT2D eigenvalue weighted by atomic mass is 19.1. The Morgan fingerprint density at radius 3 is 2.23 bits per heavy atom. The average Bonchev–Trinajstić information content (AvgIpc) is 2.56. The van der Waals surface area contributed by atoms with Gasteiger partial charge in [0.1, 0.15) is 23.9 Å². The largest absolute Gasteiger partial charge is 0.497 e. The Balaban J connectivity index is 1.84. The van der Waals surface area contributed by atoms with Crippen molar-refractivity contribution in [2.24, 2.45) is 0 Å². The van der Waals surface area contributed by atoms with Gasteiger partial charge in [0.05, 0.1) is 13.7 Å². The van der Waals surface area contributed by atoms with E-state index in [1.807, 2.05) is 0 Å². The van der Waals surface area contributed by atoms with Crippen LogP contribution < -0.4 is 9.47 Å². The minimum atomic E-state index is -0.306. The minimum Gasteiger partial charge on any atom is -0.497 e. The molecule has 0 atom stereocenters. The van der Waals surface area contributed by atoms with Crippen molar-refractivity contribution in [2.45, 2.75) is 0 Å². The molecule has 2 rings (SSSR count). The summed E-state index contributed by atoms with van der Waals surface area (Å²) in [6, 6.07) is 12.7. The second kappa shape index (κ2) is 7.45. The molecular formula is C17H18FNO3. The Kier molecular flexibility index (Phi) is 5.36. The molecule has 0 aromatic heterocycles. The number of likely N-dealkylation sites (N-methyl/N-ethyl adjacent to an activating group) is 1. The molecule has 22 heavy (non-hydrogen) atoms. The molecule has 2 aromatic carbocycles. The molecular weight excluding hydrogens is 285 g/mol. The van der Waals surface area contributed by atoms with Crippen LogP contribution >= 0.6 is 0 Å². The lowest BCUT2D eigenvalue weighted by molar-refractivity contribution is 0.0773. The quantitative estimate of drug-likeness (QED) is 0.823. The molecule has 1 amide bonds. The lowest BCUT2D eigenvalue weighted by atomic mass is 10.2. The van der Waals surface area contributed by atoms with Crippen molar-refractivity contribution in [2.75, 3.05) is 27.3 Å². The highest BCUT2D eigenvalue weighted by Gasteiger charge is 2.11. The van der Waals surface area contributed by atoms with Crippen LogP contribution in [-0.4, -0.2) is 38.1 Å². The van der Waals surface area contributed by atoms with E-state index >= 15 is 0 Å². The molecule has 0 aliphatic heterocycles. The minimum absolute atomic E-state index is 0.0923. The van der Waals surface area contributed by atoms with Crippen LogP contribution in [0.25, 0.3) is 0 Å². The zero-order valence-electron chi connectivity index (χ0n) is 12.6. The number of methoxy groups -OCH3 is 1. The topological polar surface area (TPSA) is 38.8 Å². The third-order valence-electron chi connectivity index (χ3n) is 3.19. The Morgan fingerprint density at radius 1 is 1.05 bits per heavy atom. The molecule has 0 aliphatic rings. The Morgan fingerprint density at radius 2 is 1.64 bits per heavy atom. The number of halogens is 1. The van der Waals surface area contributed by atoms with Gasteiger partial charge in [-0.2, -0.15) is 0 Å². The fourth-order valence-corrected chi connectivity index (χ4v) is 1.89. The molecule has 0 spiro atoms. The van der Waals surface area contributed by atoms with Crippen molar-refractivity contribution < 1.29 is 18.7 Å². The van der Waals surface area contributed by atoms with Gasteiger partial charge in [-0.05, 0) is 48.5 Å². The number of amides is 1. The average molecular weight is 303 g/mol. The molecule has 0 aliphatic carbocycles. The Bertz CT molecular complexity index is 611. The van der Waals surface area contributed by atoms with Gasteiger partial charge in [0.15, 0.2) is 0 Å². The van der Waals surface area contributed by atoms with E-state index in [2.05, 4.69) is 0 Å². The first kappa shape index (κ1) is 15.8. The van der Waals surface area contributed by atoms with Gasteiger partial charge in [-0.25, -0.2) is 4.39 Å². The predicted octanol–water partition coefficient (Wildman–Crippen LogP) is 2.99. The van der Waals surface area contributed by atoms with Crippen LogP contribution in [0.5, 0.6) is 11.5 Å². The summed E-state index contributed by atoms with van der Waals surface area (Å²) in [5.74, 6) is 0.884.